The van der Waals surface area contributed by atoms with Gasteiger partial charge in [-0.2, -0.15) is 5.26 Å². The Bertz CT molecular complexity index is 704. The van der Waals surface area contributed by atoms with E-state index in [9.17, 15) is 18.0 Å². The molecule has 2 nitrogen and oxygen atoms in total. The van der Waals surface area contributed by atoms with Crippen LogP contribution in [0.3, 0.4) is 0 Å². The first-order valence-corrected chi connectivity index (χ1v) is 5.22. The van der Waals surface area contributed by atoms with E-state index in [0.717, 1.165) is 18.2 Å². The predicted molar refractivity (Wildman–Crippen MR) is 60.9 cm³/mol. The van der Waals surface area contributed by atoms with E-state index in [-0.39, 0.29) is 5.56 Å². The zero-order valence-electron chi connectivity index (χ0n) is 9.45. The smallest absolute Gasteiger partial charge is 0.196 e. The maximum Gasteiger partial charge on any atom is 0.196 e. The van der Waals surface area contributed by atoms with Gasteiger partial charge < -0.3 is 0 Å². The number of nitriles is 1. The lowest BCUT2D eigenvalue weighted by Gasteiger charge is -2.04. The van der Waals surface area contributed by atoms with Gasteiger partial charge in [-0.05, 0) is 18.2 Å². The fraction of sp³-hybridized carbons (Fsp3) is 0. The summed E-state index contributed by atoms with van der Waals surface area (Å²) >= 11 is 0. The molecule has 0 aliphatic carbocycles. The van der Waals surface area contributed by atoms with Crippen molar-refractivity contribution in [2.24, 2.45) is 0 Å². The van der Waals surface area contributed by atoms with Crippen LogP contribution < -0.4 is 0 Å². The van der Waals surface area contributed by atoms with Gasteiger partial charge in [0.1, 0.15) is 23.5 Å². The number of hydrogen-bond donors (Lipinski definition) is 0. The molecule has 94 valence electrons. The van der Waals surface area contributed by atoms with Crippen molar-refractivity contribution in [2.75, 3.05) is 0 Å². The van der Waals surface area contributed by atoms with Gasteiger partial charge in [-0.3, -0.25) is 4.79 Å². The molecule has 0 saturated carbocycles. The molecule has 0 spiro atoms. The van der Waals surface area contributed by atoms with Crippen molar-refractivity contribution in [2.45, 2.75) is 0 Å². The SMILES string of the molecule is N#Cc1cc(C(=O)c2cccc(F)c2)c(F)cc1F. The Morgan fingerprint density at radius 3 is 2.42 bits per heavy atom. The van der Waals surface area contributed by atoms with Crippen molar-refractivity contribution in [3.05, 3.63) is 70.5 Å². The molecule has 0 bridgehead atoms. The monoisotopic (exact) mass is 261 g/mol. The minimum absolute atomic E-state index is 0.0746. The summed E-state index contributed by atoms with van der Waals surface area (Å²) in [5.41, 5.74) is -0.987. The van der Waals surface area contributed by atoms with Crippen LogP contribution in [0.4, 0.5) is 13.2 Å². The highest BCUT2D eigenvalue weighted by Gasteiger charge is 2.17. The van der Waals surface area contributed by atoms with E-state index in [4.69, 9.17) is 5.26 Å². The summed E-state index contributed by atoms with van der Waals surface area (Å²) in [6.45, 7) is 0. The zero-order chi connectivity index (χ0) is 14.0. The Morgan fingerprint density at radius 1 is 1.05 bits per heavy atom. The van der Waals surface area contributed by atoms with Gasteiger partial charge in [0.2, 0.25) is 0 Å². The highest BCUT2D eigenvalue weighted by atomic mass is 19.1. The molecule has 2 aromatic carbocycles. The summed E-state index contributed by atoms with van der Waals surface area (Å²) in [6.07, 6.45) is 0. The van der Waals surface area contributed by atoms with E-state index in [2.05, 4.69) is 0 Å². The fourth-order valence-corrected chi connectivity index (χ4v) is 1.59. The number of rotatable bonds is 2. The molecule has 0 amide bonds. The topological polar surface area (TPSA) is 40.9 Å². The first-order valence-electron chi connectivity index (χ1n) is 5.22. The van der Waals surface area contributed by atoms with Gasteiger partial charge in [-0.25, -0.2) is 13.2 Å². The highest BCUT2D eigenvalue weighted by molar-refractivity contribution is 6.09. The van der Waals surface area contributed by atoms with Crippen LogP contribution in [0.25, 0.3) is 0 Å². The van der Waals surface area contributed by atoms with Gasteiger partial charge in [0, 0.05) is 11.6 Å². The number of ketones is 1. The Kier molecular flexibility index (Phi) is 3.34. The molecule has 0 aliphatic rings. The van der Waals surface area contributed by atoms with Crippen LogP contribution in [-0.2, 0) is 0 Å². The molecule has 0 unspecified atom stereocenters. The van der Waals surface area contributed by atoms with Crippen LogP contribution in [0, 0.1) is 28.8 Å². The Labute approximate surface area is 106 Å². The maximum atomic E-state index is 13.5. The van der Waals surface area contributed by atoms with E-state index < -0.39 is 34.4 Å². The third kappa shape index (κ3) is 2.47. The molecule has 5 heteroatoms. The summed E-state index contributed by atoms with van der Waals surface area (Å²) in [4.78, 5) is 12.0. The van der Waals surface area contributed by atoms with E-state index in [1.807, 2.05) is 0 Å². The van der Waals surface area contributed by atoms with Crippen LogP contribution in [-0.4, -0.2) is 5.78 Å². The number of carbonyl (C=O) groups excluding carboxylic acids is 1. The molecule has 19 heavy (non-hydrogen) atoms. The number of halogens is 3. The number of nitrogens with zero attached hydrogens (tertiary/aromatic N) is 1. The number of carbonyl (C=O) groups is 1. The van der Waals surface area contributed by atoms with E-state index in [1.54, 1.807) is 0 Å². The fourth-order valence-electron chi connectivity index (χ4n) is 1.59. The predicted octanol–water partition coefficient (Wildman–Crippen LogP) is 3.21. The molecule has 2 aromatic rings. The molecule has 0 aliphatic heterocycles. The summed E-state index contributed by atoms with van der Waals surface area (Å²) in [6, 6.07) is 7.48. The molecule has 2 rings (SSSR count). The third-order valence-electron chi connectivity index (χ3n) is 2.51. The lowest BCUT2D eigenvalue weighted by molar-refractivity contribution is 0.103. The molecule has 0 radical (unpaired) electrons. The van der Waals surface area contributed by atoms with Gasteiger partial charge in [0.05, 0.1) is 11.1 Å². The molecular weight excluding hydrogens is 255 g/mol. The van der Waals surface area contributed by atoms with Crippen LogP contribution in [0.2, 0.25) is 0 Å². The van der Waals surface area contributed by atoms with Gasteiger partial charge in [-0.15, -0.1) is 0 Å². The standard InChI is InChI=1S/C14H6F3NO/c15-10-3-1-2-8(4-10)14(19)11-5-9(7-18)12(16)6-13(11)17/h1-6H. The van der Waals surface area contributed by atoms with Crippen molar-refractivity contribution in [1.82, 2.24) is 0 Å². The van der Waals surface area contributed by atoms with E-state index in [1.165, 1.54) is 18.2 Å². The first kappa shape index (κ1) is 12.8. The maximum absolute atomic E-state index is 13.5. The van der Waals surface area contributed by atoms with Gasteiger partial charge in [0.25, 0.3) is 0 Å². The molecule has 0 fully saturated rings. The zero-order valence-corrected chi connectivity index (χ0v) is 9.45. The Morgan fingerprint density at radius 2 is 1.79 bits per heavy atom. The van der Waals surface area contributed by atoms with Crippen molar-refractivity contribution in [3.63, 3.8) is 0 Å². The van der Waals surface area contributed by atoms with Crippen LogP contribution in [0.5, 0.6) is 0 Å². The van der Waals surface area contributed by atoms with Crippen molar-refractivity contribution in [1.29, 1.82) is 5.26 Å². The van der Waals surface area contributed by atoms with Gasteiger partial charge in [-0.1, -0.05) is 12.1 Å². The third-order valence-corrected chi connectivity index (χ3v) is 2.51. The summed E-state index contributed by atoms with van der Waals surface area (Å²) in [5.74, 6) is -3.59. The largest absolute Gasteiger partial charge is 0.288 e. The Hall–Kier alpha value is -2.61. The lowest BCUT2D eigenvalue weighted by atomic mass is 10.0. The molecule has 0 saturated heterocycles. The van der Waals surface area contributed by atoms with Crippen molar-refractivity contribution < 1.29 is 18.0 Å². The van der Waals surface area contributed by atoms with Crippen LogP contribution >= 0.6 is 0 Å². The molecular formula is C14H6F3NO. The summed E-state index contributed by atoms with van der Waals surface area (Å²) < 4.78 is 39.7. The first-order chi connectivity index (χ1) is 9.02. The Balaban J connectivity index is 2.54. The second kappa shape index (κ2) is 4.94. The highest BCUT2D eigenvalue weighted by Crippen LogP contribution is 2.18. The molecule has 0 atom stereocenters. The van der Waals surface area contributed by atoms with Gasteiger partial charge in [0.15, 0.2) is 5.78 Å². The van der Waals surface area contributed by atoms with Crippen LogP contribution in [0.1, 0.15) is 21.5 Å². The second-order valence-electron chi connectivity index (χ2n) is 3.76. The molecule has 0 aromatic heterocycles. The molecule has 0 heterocycles. The minimum atomic E-state index is -1.09. The quantitative estimate of drug-likeness (QED) is 0.779. The normalized spacial score (nSPS) is 10.0. The number of benzene rings is 2. The van der Waals surface area contributed by atoms with E-state index in [0.29, 0.717) is 6.07 Å². The molecule has 0 N–H and O–H groups in total. The summed E-state index contributed by atoms with van der Waals surface area (Å²) in [5, 5.41) is 8.65. The van der Waals surface area contributed by atoms with Crippen molar-refractivity contribution in [3.8, 4) is 6.07 Å². The second-order valence-corrected chi connectivity index (χ2v) is 3.76. The van der Waals surface area contributed by atoms with E-state index >= 15 is 0 Å². The average Bonchev–Trinajstić information content (AvgIpc) is 2.38. The average molecular weight is 261 g/mol. The number of hydrogen-bond acceptors (Lipinski definition) is 2. The van der Waals surface area contributed by atoms with Crippen LogP contribution in [0.15, 0.2) is 36.4 Å². The van der Waals surface area contributed by atoms with Gasteiger partial charge >= 0.3 is 0 Å². The lowest BCUT2D eigenvalue weighted by Crippen LogP contribution is -2.06. The minimum Gasteiger partial charge on any atom is -0.288 e. The van der Waals surface area contributed by atoms with Crippen molar-refractivity contribution >= 4 is 5.78 Å². The summed E-state index contributed by atoms with van der Waals surface area (Å²) in [7, 11) is 0.